The first-order valence-corrected chi connectivity index (χ1v) is 2.46. The van der Waals surface area contributed by atoms with Gasteiger partial charge in [-0.05, 0) is 0 Å². The first kappa shape index (κ1) is 5.31. The van der Waals surface area contributed by atoms with Crippen molar-refractivity contribution in [3.63, 3.8) is 0 Å². The average molecular weight is 113 g/mol. The van der Waals surface area contributed by atoms with E-state index in [0.29, 0.717) is 0 Å². The van der Waals surface area contributed by atoms with Crippen molar-refractivity contribution in [1.82, 2.24) is 5.43 Å². The van der Waals surface area contributed by atoms with Gasteiger partial charge in [-0.15, -0.1) is 0 Å². The van der Waals surface area contributed by atoms with Crippen molar-refractivity contribution >= 4 is 5.91 Å². The van der Waals surface area contributed by atoms with E-state index in [9.17, 15) is 4.79 Å². The zero-order chi connectivity index (χ0) is 6.20. The fourth-order valence-corrected chi connectivity index (χ4v) is 0.545. The molecule has 0 spiro atoms. The van der Waals surface area contributed by atoms with Gasteiger partial charge in [0.25, 0.3) is 0 Å². The molecule has 8 heavy (non-hydrogen) atoms. The van der Waals surface area contributed by atoms with Crippen LogP contribution in [0.5, 0.6) is 0 Å². The van der Waals surface area contributed by atoms with Gasteiger partial charge in [0.1, 0.15) is 0 Å². The second-order valence-electron chi connectivity index (χ2n) is 2.25. The lowest BCUT2D eigenvalue weighted by Gasteiger charge is -2.18. The van der Waals surface area contributed by atoms with Gasteiger partial charge in [0.05, 0.1) is 26.4 Å². The quantitative estimate of drug-likeness (QED) is 0.434. The molecule has 0 atom stereocenters. The SMILES string of the molecule is C[N+]1(C)NC=CC1=O. The minimum atomic E-state index is 0.0880. The first-order chi connectivity index (χ1) is 3.63. The second-order valence-corrected chi connectivity index (χ2v) is 2.25. The molecule has 1 N–H and O–H groups in total. The Morgan fingerprint density at radius 3 is 2.38 bits per heavy atom. The second kappa shape index (κ2) is 1.32. The van der Waals surface area contributed by atoms with Crippen LogP contribution < -0.4 is 5.43 Å². The number of quaternary nitrogens is 1. The number of carbonyl (C=O) groups excluding carboxylic acids is 1. The third-order valence-corrected chi connectivity index (χ3v) is 1.17. The number of likely N-dealkylation sites (N-methyl/N-ethyl adjacent to an activating group) is 1. The van der Waals surface area contributed by atoms with Crippen LogP contribution in [0.3, 0.4) is 0 Å². The fraction of sp³-hybridized carbons (Fsp3) is 0.400. The number of nitrogens with zero attached hydrogens (tertiary/aromatic N) is 1. The van der Waals surface area contributed by atoms with Gasteiger partial charge >= 0.3 is 5.91 Å². The topological polar surface area (TPSA) is 29.1 Å². The van der Waals surface area contributed by atoms with Crippen LogP contribution in [0.4, 0.5) is 0 Å². The van der Waals surface area contributed by atoms with Crippen LogP contribution in [0.25, 0.3) is 0 Å². The van der Waals surface area contributed by atoms with E-state index < -0.39 is 0 Å². The summed E-state index contributed by atoms with van der Waals surface area (Å²) < 4.78 is 0.236. The van der Waals surface area contributed by atoms with Crippen LogP contribution in [0.15, 0.2) is 12.3 Å². The van der Waals surface area contributed by atoms with Crippen molar-refractivity contribution in [2.75, 3.05) is 14.1 Å². The summed E-state index contributed by atoms with van der Waals surface area (Å²) in [5.41, 5.74) is 2.85. The van der Waals surface area contributed by atoms with Gasteiger partial charge < -0.3 is 0 Å². The summed E-state index contributed by atoms with van der Waals surface area (Å²) in [4.78, 5) is 10.7. The Labute approximate surface area is 48.2 Å². The first-order valence-electron chi connectivity index (χ1n) is 2.46. The number of amides is 1. The summed E-state index contributed by atoms with van der Waals surface area (Å²) in [6.45, 7) is 0. The number of hydrogen-bond acceptors (Lipinski definition) is 2. The maximum atomic E-state index is 10.7. The molecule has 0 saturated heterocycles. The van der Waals surface area contributed by atoms with E-state index in [2.05, 4.69) is 5.43 Å². The Balaban J connectivity index is 2.79. The Morgan fingerprint density at radius 2 is 2.25 bits per heavy atom. The molecule has 1 rings (SSSR count). The maximum absolute atomic E-state index is 10.7. The highest BCUT2D eigenvalue weighted by atomic mass is 16.2. The van der Waals surface area contributed by atoms with E-state index in [0.717, 1.165) is 0 Å². The van der Waals surface area contributed by atoms with Crippen LogP contribution in [-0.4, -0.2) is 24.6 Å². The lowest BCUT2D eigenvalue weighted by Crippen LogP contribution is -2.48. The molecule has 0 saturated carbocycles. The van der Waals surface area contributed by atoms with Crippen molar-refractivity contribution in [2.24, 2.45) is 0 Å². The molecule has 3 heteroatoms. The normalized spacial score (nSPS) is 23.5. The van der Waals surface area contributed by atoms with Gasteiger partial charge in [-0.25, -0.2) is 10.2 Å². The number of rotatable bonds is 0. The van der Waals surface area contributed by atoms with Crippen molar-refractivity contribution < 1.29 is 9.39 Å². The van der Waals surface area contributed by atoms with E-state index in [-0.39, 0.29) is 10.5 Å². The lowest BCUT2D eigenvalue weighted by atomic mass is 10.5. The van der Waals surface area contributed by atoms with E-state index >= 15 is 0 Å². The van der Waals surface area contributed by atoms with E-state index in [1.54, 1.807) is 20.3 Å². The molecule has 1 aliphatic rings. The van der Waals surface area contributed by atoms with Gasteiger partial charge in [0.2, 0.25) is 0 Å². The van der Waals surface area contributed by atoms with Crippen LogP contribution in [-0.2, 0) is 4.79 Å². The van der Waals surface area contributed by atoms with Gasteiger partial charge in [-0.1, -0.05) is 0 Å². The predicted molar refractivity (Wildman–Crippen MR) is 29.4 cm³/mol. The smallest absolute Gasteiger partial charge is 0.236 e. The summed E-state index contributed by atoms with van der Waals surface area (Å²) in [5.74, 6) is 0.0880. The molecule has 1 aliphatic heterocycles. The monoisotopic (exact) mass is 113 g/mol. The lowest BCUT2D eigenvalue weighted by molar-refractivity contribution is -0.847. The van der Waals surface area contributed by atoms with Crippen LogP contribution in [0.1, 0.15) is 0 Å². The van der Waals surface area contributed by atoms with E-state index in [1.165, 1.54) is 6.08 Å². The van der Waals surface area contributed by atoms with Crippen molar-refractivity contribution in [1.29, 1.82) is 0 Å². The molecule has 1 amide bonds. The van der Waals surface area contributed by atoms with Crippen LogP contribution >= 0.6 is 0 Å². The minimum absolute atomic E-state index is 0.0880. The molecular formula is C5H9N2O+. The molecule has 44 valence electrons. The number of hydrogen-bond donors (Lipinski definition) is 1. The predicted octanol–water partition coefficient (Wildman–Crippen LogP) is -0.379. The molecule has 0 aliphatic carbocycles. The molecule has 1 heterocycles. The van der Waals surface area contributed by atoms with Crippen molar-refractivity contribution in [3.8, 4) is 0 Å². The zero-order valence-electron chi connectivity index (χ0n) is 5.01. The summed E-state index contributed by atoms with van der Waals surface area (Å²) in [6.07, 6.45) is 3.18. The average Bonchev–Trinajstić information content (AvgIpc) is 1.86. The molecule has 3 nitrogen and oxygen atoms in total. The third kappa shape index (κ3) is 0.607. The van der Waals surface area contributed by atoms with Gasteiger partial charge in [0, 0.05) is 0 Å². The van der Waals surface area contributed by atoms with Gasteiger partial charge in [-0.2, -0.15) is 4.59 Å². The summed E-state index contributed by atoms with van der Waals surface area (Å²) in [5, 5.41) is 0. The van der Waals surface area contributed by atoms with Gasteiger partial charge in [0.15, 0.2) is 0 Å². The molecular weight excluding hydrogens is 104 g/mol. The number of carbonyl (C=O) groups is 1. The molecule has 0 bridgehead atoms. The Bertz CT molecular complexity index is 149. The van der Waals surface area contributed by atoms with E-state index in [1.807, 2.05) is 0 Å². The summed E-state index contributed by atoms with van der Waals surface area (Å²) in [6, 6.07) is 0. The minimum Gasteiger partial charge on any atom is -0.236 e. The maximum Gasteiger partial charge on any atom is 0.363 e. The highest BCUT2D eigenvalue weighted by molar-refractivity contribution is 5.82. The fourth-order valence-electron chi connectivity index (χ4n) is 0.545. The van der Waals surface area contributed by atoms with Crippen molar-refractivity contribution in [2.45, 2.75) is 0 Å². The Kier molecular flexibility index (Phi) is 0.877. The van der Waals surface area contributed by atoms with Crippen LogP contribution in [0, 0.1) is 0 Å². The van der Waals surface area contributed by atoms with Crippen molar-refractivity contribution in [3.05, 3.63) is 12.3 Å². The third-order valence-electron chi connectivity index (χ3n) is 1.17. The van der Waals surface area contributed by atoms with Gasteiger partial charge in [-0.3, -0.25) is 0 Å². The summed E-state index contributed by atoms with van der Waals surface area (Å²) in [7, 11) is 3.59. The highest BCUT2D eigenvalue weighted by Crippen LogP contribution is 1.99. The Morgan fingerprint density at radius 1 is 1.62 bits per heavy atom. The highest BCUT2D eigenvalue weighted by Gasteiger charge is 2.26. The molecule has 0 unspecified atom stereocenters. The molecule has 0 aromatic heterocycles. The largest absolute Gasteiger partial charge is 0.363 e. The van der Waals surface area contributed by atoms with E-state index in [4.69, 9.17) is 0 Å². The standard InChI is InChI=1S/C5H8N2O/c1-7(2)5(8)3-4-6-7/h3-4H,1-2H3/p+1. The molecule has 0 radical (unpaired) electrons. The zero-order valence-corrected chi connectivity index (χ0v) is 5.01. The molecule has 0 fully saturated rings. The Hall–Kier alpha value is -0.830. The molecule has 0 aromatic carbocycles. The molecule has 0 aromatic rings. The number of nitrogens with one attached hydrogen (secondary N) is 1. The summed E-state index contributed by atoms with van der Waals surface area (Å²) >= 11 is 0. The van der Waals surface area contributed by atoms with Crippen LogP contribution in [0.2, 0.25) is 0 Å².